The fraction of sp³-hybridized carbons (Fsp3) is 0.529. The second kappa shape index (κ2) is 7.29. The van der Waals surface area contributed by atoms with Crippen LogP contribution in [0.25, 0.3) is 0 Å². The Kier molecular flexibility index (Phi) is 5.41. The Balaban J connectivity index is 1.92. The number of likely N-dealkylation sites (tertiary alicyclic amines) is 1. The molecule has 5 nitrogen and oxygen atoms in total. The van der Waals surface area contributed by atoms with Crippen LogP contribution in [-0.4, -0.2) is 48.9 Å². The first-order valence-corrected chi connectivity index (χ1v) is 7.72. The highest BCUT2D eigenvalue weighted by molar-refractivity contribution is 5.86. The number of carbonyl (C=O) groups excluding carboxylic acids is 2. The molecule has 0 aromatic heterocycles. The highest BCUT2D eigenvalue weighted by Crippen LogP contribution is 2.20. The van der Waals surface area contributed by atoms with Crippen molar-refractivity contribution in [1.82, 2.24) is 9.80 Å². The fourth-order valence-corrected chi connectivity index (χ4v) is 2.67. The summed E-state index contributed by atoms with van der Waals surface area (Å²) in [5.41, 5.74) is 1.05. The van der Waals surface area contributed by atoms with Gasteiger partial charge in [0.1, 0.15) is 5.75 Å². The average Bonchev–Trinajstić information content (AvgIpc) is 2.51. The summed E-state index contributed by atoms with van der Waals surface area (Å²) in [6, 6.07) is 7.76. The molecule has 1 heterocycles. The topological polar surface area (TPSA) is 49.9 Å². The smallest absolute Gasteiger partial charge is 0.226 e. The lowest BCUT2D eigenvalue weighted by atomic mass is 9.95. The molecular formula is C17H24N2O3. The van der Waals surface area contributed by atoms with Crippen LogP contribution in [0, 0.1) is 5.92 Å². The van der Waals surface area contributed by atoms with E-state index in [1.165, 1.54) is 0 Å². The summed E-state index contributed by atoms with van der Waals surface area (Å²) in [7, 11) is 3.58. The molecule has 0 saturated carbocycles. The normalized spacial score (nSPS) is 18.2. The molecule has 1 aromatic rings. The predicted octanol–water partition coefficient (Wildman–Crippen LogP) is 1.91. The number of piperidine rings is 1. The number of rotatable bonds is 5. The second-order valence-corrected chi connectivity index (χ2v) is 5.78. The summed E-state index contributed by atoms with van der Waals surface area (Å²) in [5.74, 6) is 0.756. The van der Waals surface area contributed by atoms with Crippen molar-refractivity contribution in [3.8, 4) is 5.75 Å². The van der Waals surface area contributed by atoms with Gasteiger partial charge in [-0.3, -0.25) is 9.59 Å². The van der Waals surface area contributed by atoms with Crippen molar-refractivity contribution in [1.29, 1.82) is 0 Å². The Hall–Kier alpha value is -2.04. The second-order valence-electron chi connectivity index (χ2n) is 5.78. The number of nitrogens with zero attached hydrogens (tertiary/aromatic N) is 2. The predicted molar refractivity (Wildman–Crippen MR) is 84.4 cm³/mol. The molecule has 1 unspecified atom stereocenters. The van der Waals surface area contributed by atoms with Gasteiger partial charge in [0.05, 0.1) is 6.61 Å². The number of hydrogen-bond acceptors (Lipinski definition) is 3. The fourth-order valence-electron chi connectivity index (χ4n) is 2.67. The quantitative estimate of drug-likeness (QED) is 0.835. The van der Waals surface area contributed by atoms with Crippen LogP contribution in [0.3, 0.4) is 0 Å². The maximum atomic E-state index is 12.5. The Morgan fingerprint density at radius 2 is 2.05 bits per heavy atom. The maximum Gasteiger partial charge on any atom is 0.226 e. The van der Waals surface area contributed by atoms with Crippen LogP contribution < -0.4 is 4.74 Å². The Labute approximate surface area is 131 Å². The first-order valence-electron chi connectivity index (χ1n) is 7.72. The van der Waals surface area contributed by atoms with Crippen molar-refractivity contribution in [3.05, 3.63) is 29.8 Å². The van der Waals surface area contributed by atoms with Crippen LogP contribution in [0.2, 0.25) is 0 Å². The number of ether oxygens (including phenoxy) is 1. The average molecular weight is 304 g/mol. The van der Waals surface area contributed by atoms with Gasteiger partial charge >= 0.3 is 0 Å². The van der Waals surface area contributed by atoms with Crippen LogP contribution in [0.5, 0.6) is 5.75 Å². The molecule has 0 aliphatic carbocycles. The van der Waals surface area contributed by atoms with E-state index >= 15 is 0 Å². The number of benzene rings is 1. The van der Waals surface area contributed by atoms with Gasteiger partial charge in [-0.2, -0.15) is 0 Å². The summed E-state index contributed by atoms with van der Waals surface area (Å²) in [5, 5.41) is 0. The van der Waals surface area contributed by atoms with Crippen molar-refractivity contribution < 1.29 is 14.3 Å². The highest BCUT2D eigenvalue weighted by Gasteiger charge is 2.30. The molecule has 1 aliphatic heterocycles. The van der Waals surface area contributed by atoms with Crippen LogP contribution in [-0.2, 0) is 16.1 Å². The van der Waals surface area contributed by atoms with Gasteiger partial charge in [0.25, 0.3) is 0 Å². The largest absolute Gasteiger partial charge is 0.494 e. The van der Waals surface area contributed by atoms with Crippen LogP contribution >= 0.6 is 0 Å². The zero-order chi connectivity index (χ0) is 16.1. The lowest BCUT2D eigenvalue weighted by Crippen LogP contribution is -2.42. The van der Waals surface area contributed by atoms with Crippen molar-refractivity contribution in [3.63, 3.8) is 0 Å². The van der Waals surface area contributed by atoms with Crippen molar-refractivity contribution in [2.24, 2.45) is 5.92 Å². The molecule has 1 aromatic carbocycles. The zero-order valence-corrected chi connectivity index (χ0v) is 13.5. The molecule has 22 heavy (non-hydrogen) atoms. The molecule has 0 N–H and O–H groups in total. The SMILES string of the molecule is CCOc1ccc(CN(C)C(=O)C2CCN(C)C(=O)C2)cc1. The molecule has 1 fully saturated rings. The molecule has 0 spiro atoms. The van der Waals surface area contributed by atoms with Gasteiger partial charge in [-0.25, -0.2) is 0 Å². The van der Waals surface area contributed by atoms with Crippen molar-refractivity contribution in [2.45, 2.75) is 26.3 Å². The van der Waals surface area contributed by atoms with Crippen LogP contribution in [0.4, 0.5) is 0 Å². The van der Waals surface area contributed by atoms with E-state index in [9.17, 15) is 9.59 Å². The maximum absolute atomic E-state index is 12.5. The first kappa shape index (κ1) is 16.3. The van der Waals surface area contributed by atoms with E-state index in [2.05, 4.69) is 0 Å². The van der Waals surface area contributed by atoms with Gasteiger partial charge in [-0.05, 0) is 31.0 Å². The van der Waals surface area contributed by atoms with Gasteiger partial charge < -0.3 is 14.5 Å². The van der Waals surface area contributed by atoms with E-state index in [4.69, 9.17) is 4.74 Å². The molecule has 1 atom stereocenters. The van der Waals surface area contributed by atoms with E-state index in [1.54, 1.807) is 23.9 Å². The zero-order valence-electron chi connectivity index (χ0n) is 13.5. The molecule has 2 rings (SSSR count). The van der Waals surface area contributed by atoms with Gasteiger partial charge in [-0.1, -0.05) is 12.1 Å². The van der Waals surface area contributed by atoms with E-state index < -0.39 is 0 Å². The monoisotopic (exact) mass is 304 g/mol. The van der Waals surface area contributed by atoms with Crippen molar-refractivity contribution in [2.75, 3.05) is 27.2 Å². The third-order valence-corrected chi connectivity index (χ3v) is 4.04. The molecule has 1 saturated heterocycles. The standard InChI is InChI=1S/C17H24N2O3/c1-4-22-15-7-5-13(6-8-15)12-19(3)17(21)14-9-10-18(2)16(20)11-14/h5-8,14H,4,9-12H2,1-3H3. The Morgan fingerprint density at radius 3 is 2.64 bits per heavy atom. The summed E-state index contributed by atoms with van der Waals surface area (Å²) in [4.78, 5) is 27.6. The molecule has 0 bridgehead atoms. The molecule has 5 heteroatoms. The Bertz CT molecular complexity index is 527. The number of hydrogen-bond donors (Lipinski definition) is 0. The third-order valence-electron chi connectivity index (χ3n) is 4.04. The van der Waals surface area contributed by atoms with Gasteiger partial charge in [0.15, 0.2) is 0 Å². The minimum atomic E-state index is -0.184. The Morgan fingerprint density at radius 1 is 1.36 bits per heavy atom. The van der Waals surface area contributed by atoms with E-state index in [0.717, 1.165) is 17.7 Å². The van der Waals surface area contributed by atoms with Crippen LogP contribution in [0.15, 0.2) is 24.3 Å². The summed E-state index contributed by atoms with van der Waals surface area (Å²) in [6.07, 6.45) is 1.07. The van der Waals surface area contributed by atoms with Crippen LogP contribution in [0.1, 0.15) is 25.3 Å². The van der Waals surface area contributed by atoms with E-state index in [0.29, 0.717) is 26.1 Å². The highest BCUT2D eigenvalue weighted by atomic mass is 16.5. The molecule has 120 valence electrons. The number of amides is 2. The first-order chi connectivity index (χ1) is 10.5. The van der Waals surface area contributed by atoms with Gasteiger partial charge in [0.2, 0.25) is 11.8 Å². The molecule has 2 amide bonds. The summed E-state index contributed by atoms with van der Waals surface area (Å²) in [6.45, 7) is 3.79. The minimum Gasteiger partial charge on any atom is -0.494 e. The number of carbonyl (C=O) groups is 2. The van der Waals surface area contributed by atoms with E-state index in [1.807, 2.05) is 31.2 Å². The van der Waals surface area contributed by atoms with Gasteiger partial charge in [-0.15, -0.1) is 0 Å². The third kappa shape index (κ3) is 4.00. The summed E-state index contributed by atoms with van der Waals surface area (Å²) >= 11 is 0. The van der Waals surface area contributed by atoms with Gasteiger partial charge in [0, 0.05) is 39.5 Å². The molecule has 0 radical (unpaired) electrons. The molecule has 1 aliphatic rings. The molecular weight excluding hydrogens is 280 g/mol. The lowest BCUT2D eigenvalue weighted by molar-refractivity contribution is -0.143. The van der Waals surface area contributed by atoms with E-state index in [-0.39, 0.29) is 17.7 Å². The van der Waals surface area contributed by atoms with Crippen molar-refractivity contribution >= 4 is 11.8 Å². The summed E-state index contributed by atoms with van der Waals surface area (Å²) < 4.78 is 5.41. The lowest BCUT2D eigenvalue weighted by Gasteiger charge is -2.30. The minimum absolute atomic E-state index is 0.0512.